The Labute approximate surface area is 121 Å². The van der Waals surface area contributed by atoms with Gasteiger partial charge in [-0.1, -0.05) is 25.7 Å². The molecule has 4 nitrogen and oxygen atoms in total. The molecule has 0 aliphatic heterocycles. The van der Waals surface area contributed by atoms with Gasteiger partial charge in [0.05, 0.1) is 6.26 Å². The Bertz CT molecular complexity index is 420. The number of hydrogen-bond donors (Lipinski definition) is 1. The number of carbonyl (C=O) groups is 1. The fourth-order valence-corrected chi connectivity index (χ4v) is 3.00. The molecule has 1 aromatic rings. The van der Waals surface area contributed by atoms with Crippen LogP contribution in [0.25, 0.3) is 0 Å². The number of furan rings is 1. The lowest BCUT2D eigenvalue weighted by Gasteiger charge is -2.30. The molecule has 0 unspecified atom stereocenters. The van der Waals surface area contributed by atoms with Crippen molar-refractivity contribution in [2.24, 2.45) is 5.73 Å². The van der Waals surface area contributed by atoms with Gasteiger partial charge >= 0.3 is 0 Å². The van der Waals surface area contributed by atoms with Gasteiger partial charge in [0.25, 0.3) is 5.91 Å². The van der Waals surface area contributed by atoms with E-state index in [0.717, 1.165) is 31.4 Å². The summed E-state index contributed by atoms with van der Waals surface area (Å²) in [5, 5.41) is 0. The van der Waals surface area contributed by atoms with Crippen LogP contribution in [0.15, 0.2) is 16.7 Å². The van der Waals surface area contributed by atoms with Gasteiger partial charge in [-0.3, -0.25) is 4.79 Å². The zero-order chi connectivity index (χ0) is 14.4. The normalized spacial score (nSPS) is 16.9. The molecule has 0 saturated heterocycles. The molecular weight excluding hydrogens is 252 g/mol. The summed E-state index contributed by atoms with van der Waals surface area (Å²) in [6.45, 7) is 3.28. The van der Waals surface area contributed by atoms with E-state index in [1.54, 1.807) is 6.26 Å². The molecule has 0 atom stereocenters. The average Bonchev–Trinajstić information content (AvgIpc) is 2.71. The van der Waals surface area contributed by atoms with Crippen LogP contribution in [0.2, 0.25) is 0 Å². The monoisotopic (exact) mass is 278 g/mol. The van der Waals surface area contributed by atoms with Crippen molar-refractivity contribution in [3.63, 3.8) is 0 Å². The predicted octanol–water partition coefficient (Wildman–Crippen LogP) is 3.10. The number of rotatable bonds is 5. The molecule has 0 aromatic carbocycles. The Kier molecular flexibility index (Phi) is 5.65. The van der Waals surface area contributed by atoms with Crippen LogP contribution in [0.3, 0.4) is 0 Å². The summed E-state index contributed by atoms with van der Waals surface area (Å²) in [5.74, 6) is 0.527. The molecule has 0 radical (unpaired) electrons. The van der Waals surface area contributed by atoms with Crippen LogP contribution in [-0.4, -0.2) is 29.9 Å². The lowest BCUT2D eigenvalue weighted by Crippen LogP contribution is -2.41. The zero-order valence-electron chi connectivity index (χ0n) is 12.4. The van der Waals surface area contributed by atoms with Gasteiger partial charge in [-0.05, 0) is 38.8 Å². The summed E-state index contributed by atoms with van der Waals surface area (Å²) in [6, 6.07) is 2.20. The van der Waals surface area contributed by atoms with Gasteiger partial charge in [-0.2, -0.15) is 0 Å². The zero-order valence-corrected chi connectivity index (χ0v) is 12.4. The molecule has 0 spiro atoms. The summed E-state index contributed by atoms with van der Waals surface area (Å²) in [7, 11) is 0. The van der Waals surface area contributed by atoms with Crippen LogP contribution in [-0.2, 0) is 0 Å². The third kappa shape index (κ3) is 3.63. The van der Waals surface area contributed by atoms with Crippen LogP contribution >= 0.6 is 0 Å². The number of nitrogens with zero attached hydrogens (tertiary/aromatic N) is 1. The molecule has 1 aromatic heterocycles. The van der Waals surface area contributed by atoms with Gasteiger partial charge in [0.2, 0.25) is 0 Å². The van der Waals surface area contributed by atoms with E-state index in [9.17, 15) is 4.79 Å². The van der Waals surface area contributed by atoms with Crippen molar-refractivity contribution in [2.45, 2.75) is 57.9 Å². The summed E-state index contributed by atoms with van der Waals surface area (Å²) >= 11 is 0. The summed E-state index contributed by atoms with van der Waals surface area (Å²) in [5.41, 5.74) is 6.54. The van der Waals surface area contributed by atoms with Crippen LogP contribution in [0.1, 0.15) is 61.1 Å². The fourth-order valence-electron chi connectivity index (χ4n) is 3.00. The Morgan fingerprint density at radius 1 is 1.35 bits per heavy atom. The molecule has 1 aliphatic carbocycles. The minimum atomic E-state index is 0.0350. The van der Waals surface area contributed by atoms with Gasteiger partial charge in [-0.25, -0.2) is 0 Å². The fraction of sp³-hybridized carbons (Fsp3) is 0.688. The first-order chi connectivity index (χ1) is 9.74. The van der Waals surface area contributed by atoms with Crippen molar-refractivity contribution in [1.82, 2.24) is 4.90 Å². The SMILES string of the molecule is Cc1ccoc1C(=O)N(CCCN)C1CCCCCC1. The first-order valence-corrected chi connectivity index (χ1v) is 7.79. The number of hydrogen-bond acceptors (Lipinski definition) is 3. The van der Waals surface area contributed by atoms with Crippen LogP contribution in [0.5, 0.6) is 0 Å². The molecule has 1 saturated carbocycles. The summed E-state index contributed by atoms with van der Waals surface area (Å²) in [4.78, 5) is 14.7. The van der Waals surface area contributed by atoms with Crippen LogP contribution in [0, 0.1) is 6.92 Å². The quantitative estimate of drug-likeness (QED) is 0.842. The van der Waals surface area contributed by atoms with E-state index in [0.29, 0.717) is 18.3 Å². The third-order valence-electron chi connectivity index (χ3n) is 4.19. The predicted molar refractivity (Wildman–Crippen MR) is 79.6 cm³/mol. The molecule has 4 heteroatoms. The van der Waals surface area contributed by atoms with Crippen molar-refractivity contribution in [2.75, 3.05) is 13.1 Å². The summed E-state index contributed by atoms with van der Waals surface area (Å²) in [6.07, 6.45) is 9.66. The standard InChI is InChI=1S/C16H26N2O2/c1-13-9-12-20-15(13)16(19)18(11-6-10-17)14-7-4-2-3-5-8-14/h9,12,14H,2-8,10-11,17H2,1H3. The average molecular weight is 278 g/mol. The maximum Gasteiger partial charge on any atom is 0.290 e. The molecular formula is C16H26N2O2. The smallest absolute Gasteiger partial charge is 0.290 e. The van der Waals surface area contributed by atoms with Crippen molar-refractivity contribution in [1.29, 1.82) is 0 Å². The molecule has 1 aliphatic rings. The first-order valence-electron chi connectivity index (χ1n) is 7.79. The molecule has 1 fully saturated rings. The van der Waals surface area contributed by atoms with Crippen molar-refractivity contribution in [3.8, 4) is 0 Å². The number of carbonyl (C=O) groups excluding carboxylic acids is 1. The van der Waals surface area contributed by atoms with Crippen LogP contribution < -0.4 is 5.73 Å². The van der Waals surface area contributed by atoms with E-state index >= 15 is 0 Å². The molecule has 1 amide bonds. The summed E-state index contributed by atoms with van der Waals surface area (Å²) < 4.78 is 5.39. The third-order valence-corrected chi connectivity index (χ3v) is 4.19. The second-order valence-corrected chi connectivity index (χ2v) is 5.72. The van der Waals surface area contributed by atoms with Gasteiger partial charge in [-0.15, -0.1) is 0 Å². The number of nitrogens with two attached hydrogens (primary N) is 1. The highest BCUT2D eigenvalue weighted by Crippen LogP contribution is 2.24. The molecule has 0 bridgehead atoms. The minimum Gasteiger partial charge on any atom is -0.459 e. The minimum absolute atomic E-state index is 0.0350. The van der Waals surface area contributed by atoms with Gasteiger partial charge in [0, 0.05) is 18.2 Å². The van der Waals surface area contributed by atoms with Gasteiger partial charge in [0.1, 0.15) is 0 Å². The number of aryl methyl sites for hydroxylation is 1. The topological polar surface area (TPSA) is 59.5 Å². The molecule has 1 heterocycles. The lowest BCUT2D eigenvalue weighted by atomic mass is 10.1. The molecule has 112 valence electrons. The van der Waals surface area contributed by atoms with Gasteiger partial charge in [0.15, 0.2) is 5.76 Å². The highest BCUT2D eigenvalue weighted by atomic mass is 16.3. The first kappa shape index (κ1) is 15.1. The maximum absolute atomic E-state index is 12.7. The van der Waals surface area contributed by atoms with Crippen molar-refractivity contribution >= 4 is 5.91 Å². The van der Waals surface area contributed by atoms with E-state index in [1.165, 1.54) is 25.7 Å². The number of amides is 1. The Morgan fingerprint density at radius 3 is 2.60 bits per heavy atom. The maximum atomic E-state index is 12.7. The second kappa shape index (κ2) is 7.48. The van der Waals surface area contributed by atoms with E-state index in [2.05, 4.69) is 0 Å². The van der Waals surface area contributed by atoms with E-state index < -0.39 is 0 Å². The van der Waals surface area contributed by atoms with E-state index in [1.807, 2.05) is 17.9 Å². The highest BCUT2D eigenvalue weighted by molar-refractivity contribution is 5.93. The van der Waals surface area contributed by atoms with Crippen molar-refractivity contribution < 1.29 is 9.21 Å². The second-order valence-electron chi connectivity index (χ2n) is 5.72. The van der Waals surface area contributed by atoms with Gasteiger partial charge < -0.3 is 15.1 Å². The largest absolute Gasteiger partial charge is 0.459 e. The lowest BCUT2D eigenvalue weighted by molar-refractivity contribution is 0.0625. The molecule has 2 rings (SSSR count). The molecule has 20 heavy (non-hydrogen) atoms. The Morgan fingerprint density at radius 2 is 2.05 bits per heavy atom. The van der Waals surface area contributed by atoms with E-state index in [4.69, 9.17) is 10.2 Å². The Hall–Kier alpha value is -1.29. The highest BCUT2D eigenvalue weighted by Gasteiger charge is 2.27. The van der Waals surface area contributed by atoms with Crippen molar-refractivity contribution in [3.05, 3.63) is 23.7 Å². The van der Waals surface area contributed by atoms with E-state index in [-0.39, 0.29) is 5.91 Å². The Balaban J connectivity index is 2.13. The van der Waals surface area contributed by atoms with Crippen LogP contribution in [0.4, 0.5) is 0 Å². The molecule has 2 N–H and O–H groups in total.